The number of aromatic hydroxyl groups is 3. The van der Waals surface area contributed by atoms with Gasteiger partial charge in [0.2, 0.25) is 5.78 Å². The van der Waals surface area contributed by atoms with Crippen LogP contribution in [0.2, 0.25) is 0 Å². The van der Waals surface area contributed by atoms with Crippen LogP contribution in [0.5, 0.6) is 17.2 Å². The van der Waals surface area contributed by atoms with Crippen molar-refractivity contribution in [2.24, 2.45) is 0 Å². The van der Waals surface area contributed by atoms with Crippen molar-refractivity contribution in [3.05, 3.63) is 116 Å². The number of carbonyl (C=O) groups is 4. The number of phenols is 3. The van der Waals surface area contributed by atoms with Crippen molar-refractivity contribution in [3.63, 3.8) is 0 Å². The zero-order valence-electron chi connectivity index (χ0n) is 24.6. The van der Waals surface area contributed by atoms with Crippen molar-refractivity contribution in [2.45, 2.75) is 25.2 Å². The molecule has 1 spiro atoms. The van der Waals surface area contributed by atoms with Crippen LogP contribution in [-0.4, -0.2) is 50.5 Å². The van der Waals surface area contributed by atoms with Gasteiger partial charge in [-0.1, -0.05) is 48.6 Å². The Morgan fingerprint density at radius 1 is 0.848 bits per heavy atom. The van der Waals surface area contributed by atoms with E-state index >= 15 is 0 Å². The number of ether oxygens (including phenoxy) is 1. The Balaban J connectivity index is 1.55. The number of carbonyl (C=O) groups excluding carboxylic acids is 4. The molecule has 4 N–H and O–H groups in total. The first kappa shape index (κ1) is 28.7. The van der Waals surface area contributed by atoms with Crippen molar-refractivity contribution in [3.8, 4) is 28.4 Å². The average Bonchev–Trinajstić information content (AvgIpc) is 3.54. The number of aromatic amines is 1. The molecule has 1 atom stereocenters. The topological polar surface area (TPSA) is 171 Å². The molecule has 0 saturated heterocycles. The SMILES string of the molecule is CC=CC=Cc1cc2c(-c3ccccc3)c3c(c(O)c2c(=O)[nH]1)[C@@]1(CC3)C(=O)c2c(O)c3c(c(O)c2C1=O)C(=O)C(OC)=CC3=O. The number of hydrogen-bond acceptors (Lipinski definition) is 9. The molecule has 0 radical (unpaired) electrons. The lowest BCUT2D eigenvalue weighted by Gasteiger charge is -2.24. The van der Waals surface area contributed by atoms with E-state index in [0.29, 0.717) is 27.8 Å². The Kier molecular flexibility index (Phi) is 6.24. The number of methoxy groups -OCH3 is 1. The fraction of sp³-hybridized carbons (Fsp3) is 0.139. The molecule has 0 saturated carbocycles. The van der Waals surface area contributed by atoms with Crippen molar-refractivity contribution in [1.29, 1.82) is 0 Å². The van der Waals surface area contributed by atoms with Gasteiger partial charge in [0.05, 0.1) is 34.7 Å². The molecule has 0 amide bonds. The van der Waals surface area contributed by atoms with Gasteiger partial charge in [0, 0.05) is 22.7 Å². The number of ketones is 4. The summed E-state index contributed by atoms with van der Waals surface area (Å²) in [6.45, 7) is 1.85. The Morgan fingerprint density at radius 3 is 2.17 bits per heavy atom. The largest absolute Gasteiger partial charge is 0.507 e. The first-order valence-corrected chi connectivity index (χ1v) is 14.4. The predicted molar refractivity (Wildman–Crippen MR) is 168 cm³/mol. The minimum Gasteiger partial charge on any atom is -0.507 e. The standard InChI is InChI=1S/C36H25NO9/c1-3-4-6-11-17-14-19-22(16-9-7-5-8-10-16)18-12-13-36(28(18)32(42)23(19)35(45)37-17)33(43)26-27(34(36)44)31(41)25-24(30(26)40)20(38)15-21(46-2)29(25)39/h3-11,14-15,40-42H,12-13H2,1-2H3,(H,37,45)/t36-/m0/s1. The van der Waals surface area contributed by atoms with Crippen LogP contribution in [0.25, 0.3) is 28.0 Å². The van der Waals surface area contributed by atoms with Crippen molar-refractivity contribution in [2.75, 3.05) is 7.11 Å². The molecule has 0 aliphatic heterocycles. The number of pyridine rings is 1. The van der Waals surface area contributed by atoms with Crippen LogP contribution < -0.4 is 5.56 Å². The maximum Gasteiger partial charge on any atom is 0.260 e. The summed E-state index contributed by atoms with van der Waals surface area (Å²) in [5.74, 6) is -6.64. The number of aromatic nitrogens is 1. The van der Waals surface area contributed by atoms with Gasteiger partial charge in [-0.25, -0.2) is 0 Å². The summed E-state index contributed by atoms with van der Waals surface area (Å²) in [7, 11) is 1.14. The van der Waals surface area contributed by atoms with E-state index in [-0.39, 0.29) is 23.8 Å². The molecule has 7 rings (SSSR count). The fourth-order valence-electron chi connectivity index (χ4n) is 7.15. The van der Waals surface area contributed by atoms with Gasteiger partial charge in [0.25, 0.3) is 5.56 Å². The minimum absolute atomic E-state index is 0.111. The van der Waals surface area contributed by atoms with E-state index in [4.69, 9.17) is 4.74 Å². The van der Waals surface area contributed by atoms with Gasteiger partial charge in [-0.2, -0.15) is 0 Å². The number of rotatable bonds is 4. The fourth-order valence-corrected chi connectivity index (χ4v) is 7.15. The lowest BCUT2D eigenvalue weighted by Crippen LogP contribution is -2.36. The van der Waals surface area contributed by atoms with Crippen LogP contribution in [-0.2, 0) is 16.6 Å². The number of H-pyrrole nitrogens is 1. The second-order valence-corrected chi connectivity index (χ2v) is 11.3. The van der Waals surface area contributed by atoms with Crippen molar-refractivity contribution in [1.82, 2.24) is 4.98 Å². The third kappa shape index (κ3) is 3.55. The van der Waals surface area contributed by atoms with Crippen LogP contribution in [0.15, 0.2) is 71.3 Å². The normalized spacial score (nSPS) is 18.6. The maximum absolute atomic E-state index is 14.5. The Hall–Kier alpha value is -6.03. The molecule has 0 unspecified atom stereocenters. The van der Waals surface area contributed by atoms with Crippen LogP contribution >= 0.6 is 0 Å². The van der Waals surface area contributed by atoms with E-state index in [1.165, 1.54) is 0 Å². The van der Waals surface area contributed by atoms with Crippen LogP contribution in [0.4, 0.5) is 0 Å². The molecule has 3 aliphatic rings. The smallest absolute Gasteiger partial charge is 0.260 e. The molecular formula is C36H25NO9. The Labute approximate surface area is 260 Å². The van der Waals surface area contributed by atoms with Gasteiger partial charge in [-0.15, -0.1) is 0 Å². The predicted octanol–water partition coefficient (Wildman–Crippen LogP) is 5.07. The number of nitrogens with one attached hydrogen (secondary N) is 1. The van der Waals surface area contributed by atoms with Gasteiger partial charge in [0.15, 0.2) is 23.1 Å². The van der Waals surface area contributed by atoms with Crippen LogP contribution in [0.1, 0.15) is 71.6 Å². The number of allylic oxidation sites excluding steroid dienone is 5. The molecular weight excluding hydrogens is 590 g/mol. The molecule has 1 aromatic heterocycles. The summed E-state index contributed by atoms with van der Waals surface area (Å²) in [5, 5.41) is 34.7. The zero-order valence-corrected chi connectivity index (χ0v) is 24.6. The second kappa shape index (κ2) is 10.00. The number of fused-ring (bicyclic) bond motifs is 5. The molecule has 228 valence electrons. The van der Waals surface area contributed by atoms with Crippen LogP contribution in [0, 0.1) is 0 Å². The number of benzene rings is 3. The summed E-state index contributed by atoms with van der Waals surface area (Å²) >= 11 is 0. The summed E-state index contributed by atoms with van der Waals surface area (Å²) in [5.41, 5.74) is -3.36. The first-order valence-electron chi connectivity index (χ1n) is 14.4. The third-order valence-corrected chi connectivity index (χ3v) is 9.08. The highest BCUT2D eigenvalue weighted by Crippen LogP contribution is 2.59. The Bertz CT molecular complexity index is 2270. The first-order chi connectivity index (χ1) is 22.1. The highest BCUT2D eigenvalue weighted by atomic mass is 16.5. The van der Waals surface area contributed by atoms with Gasteiger partial charge in [0.1, 0.15) is 22.7 Å². The van der Waals surface area contributed by atoms with Gasteiger partial charge in [-0.05, 0) is 48.6 Å². The lowest BCUT2D eigenvalue weighted by atomic mass is 9.75. The lowest BCUT2D eigenvalue weighted by molar-refractivity contribution is 0.0790. The molecule has 1 heterocycles. The molecule has 46 heavy (non-hydrogen) atoms. The van der Waals surface area contributed by atoms with E-state index in [1.807, 2.05) is 31.2 Å². The van der Waals surface area contributed by atoms with Crippen LogP contribution in [0.3, 0.4) is 0 Å². The highest BCUT2D eigenvalue weighted by Gasteiger charge is 2.62. The van der Waals surface area contributed by atoms with Gasteiger partial charge < -0.3 is 25.0 Å². The minimum atomic E-state index is -2.15. The molecule has 0 fully saturated rings. The van der Waals surface area contributed by atoms with E-state index < -0.39 is 79.4 Å². The molecule has 0 bridgehead atoms. The second-order valence-electron chi connectivity index (χ2n) is 11.3. The summed E-state index contributed by atoms with van der Waals surface area (Å²) in [4.78, 5) is 71.3. The van der Waals surface area contributed by atoms with E-state index in [1.54, 1.807) is 36.4 Å². The average molecular weight is 616 g/mol. The van der Waals surface area contributed by atoms with E-state index in [2.05, 4.69) is 4.98 Å². The summed E-state index contributed by atoms with van der Waals surface area (Å²) in [6, 6.07) is 10.7. The van der Waals surface area contributed by atoms with Gasteiger partial charge >= 0.3 is 0 Å². The molecule has 10 nitrogen and oxygen atoms in total. The molecule has 3 aromatic carbocycles. The monoisotopic (exact) mass is 615 g/mol. The third-order valence-electron chi connectivity index (χ3n) is 9.08. The maximum atomic E-state index is 14.5. The Morgan fingerprint density at radius 2 is 1.52 bits per heavy atom. The number of Topliss-reactive ketones (excluding diaryl/α,β-unsaturated/α-hetero) is 3. The van der Waals surface area contributed by atoms with E-state index in [0.717, 1.165) is 13.2 Å². The number of hydrogen-bond donors (Lipinski definition) is 4. The van der Waals surface area contributed by atoms with Crippen molar-refractivity contribution < 1.29 is 39.2 Å². The summed E-state index contributed by atoms with van der Waals surface area (Å²) < 4.78 is 4.96. The molecule has 10 heteroatoms. The number of phenolic OH excluding ortho intramolecular Hbond substituents is 3. The zero-order chi connectivity index (χ0) is 32.7. The van der Waals surface area contributed by atoms with Crippen molar-refractivity contribution >= 4 is 40.0 Å². The van der Waals surface area contributed by atoms with Gasteiger partial charge in [-0.3, -0.25) is 24.0 Å². The summed E-state index contributed by atoms with van der Waals surface area (Å²) in [6.07, 6.45) is 7.82. The van der Waals surface area contributed by atoms with E-state index in [9.17, 15) is 39.3 Å². The quantitative estimate of drug-likeness (QED) is 0.139. The molecule has 4 aromatic rings. The highest BCUT2D eigenvalue weighted by molar-refractivity contribution is 6.39. The molecule has 3 aliphatic carbocycles.